The molecule has 1 rings (SSSR count). The summed E-state index contributed by atoms with van der Waals surface area (Å²) in [7, 11) is 1.72. The Hall–Kier alpha value is -1.02. The molecule has 102 valence electrons. The van der Waals surface area contributed by atoms with Crippen LogP contribution in [0.25, 0.3) is 0 Å². The van der Waals surface area contributed by atoms with E-state index in [0.29, 0.717) is 12.0 Å². The maximum atomic E-state index is 5.30. The molecule has 1 unspecified atom stereocenters. The third-order valence-electron chi connectivity index (χ3n) is 3.29. The molecular formula is C16H27NO. The molecule has 1 N–H and O–H groups in total. The second-order valence-electron chi connectivity index (χ2n) is 5.65. The Balaban J connectivity index is 2.72. The molecule has 0 aliphatic carbocycles. The molecule has 18 heavy (non-hydrogen) atoms. The molecule has 1 aromatic rings. The summed E-state index contributed by atoms with van der Waals surface area (Å²) in [6, 6.07) is 4.76. The van der Waals surface area contributed by atoms with Crippen LogP contribution in [0.5, 0.6) is 5.75 Å². The summed E-state index contributed by atoms with van der Waals surface area (Å²) >= 11 is 0. The van der Waals surface area contributed by atoms with Crippen LogP contribution in [0.1, 0.15) is 37.5 Å². The van der Waals surface area contributed by atoms with Gasteiger partial charge in [-0.2, -0.15) is 0 Å². The van der Waals surface area contributed by atoms with E-state index in [2.05, 4.69) is 52.1 Å². The SMILES string of the molecule is COc1cc(C)c(CC(C)NCC(C)C)c(C)c1. The fourth-order valence-electron chi connectivity index (χ4n) is 2.21. The fraction of sp³-hybridized carbons (Fsp3) is 0.625. The second-order valence-corrected chi connectivity index (χ2v) is 5.65. The van der Waals surface area contributed by atoms with Crippen molar-refractivity contribution >= 4 is 0 Å². The minimum atomic E-state index is 0.512. The number of aryl methyl sites for hydroxylation is 2. The molecule has 1 aromatic carbocycles. The van der Waals surface area contributed by atoms with Crippen molar-refractivity contribution in [1.29, 1.82) is 0 Å². The Morgan fingerprint density at radius 3 is 2.11 bits per heavy atom. The van der Waals surface area contributed by atoms with Gasteiger partial charge < -0.3 is 10.1 Å². The molecule has 0 aromatic heterocycles. The van der Waals surface area contributed by atoms with Crippen LogP contribution in [0.2, 0.25) is 0 Å². The van der Waals surface area contributed by atoms with Gasteiger partial charge in [0.25, 0.3) is 0 Å². The Morgan fingerprint density at radius 1 is 1.11 bits per heavy atom. The van der Waals surface area contributed by atoms with Crippen molar-refractivity contribution in [1.82, 2.24) is 5.32 Å². The maximum absolute atomic E-state index is 5.30. The normalized spacial score (nSPS) is 12.8. The Labute approximate surface area is 112 Å². The van der Waals surface area contributed by atoms with Gasteiger partial charge in [0.2, 0.25) is 0 Å². The standard InChI is InChI=1S/C16H27NO/c1-11(2)10-17-14(5)9-16-12(3)7-15(18-6)8-13(16)4/h7-8,11,14,17H,9-10H2,1-6H3. The lowest BCUT2D eigenvalue weighted by molar-refractivity contribution is 0.413. The van der Waals surface area contributed by atoms with E-state index >= 15 is 0 Å². The number of hydrogen-bond acceptors (Lipinski definition) is 2. The van der Waals surface area contributed by atoms with Crippen molar-refractivity contribution in [2.45, 2.75) is 47.1 Å². The van der Waals surface area contributed by atoms with E-state index in [1.165, 1.54) is 16.7 Å². The molecule has 0 aliphatic heterocycles. The van der Waals surface area contributed by atoms with Crippen LogP contribution in [0.15, 0.2) is 12.1 Å². The highest BCUT2D eigenvalue weighted by Crippen LogP contribution is 2.22. The van der Waals surface area contributed by atoms with Gasteiger partial charge in [0.15, 0.2) is 0 Å². The van der Waals surface area contributed by atoms with Crippen molar-refractivity contribution < 1.29 is 4.74 Å². The monoisotopic (exact) mass is 249 g/mol. The van der Waals surface area contributed by atoms with Crippen LogP contribution in [-0.2, 0) is 6.42 Å². The first-order valence-corrected chi connectivity index (χ1v) is 6.81. The molecule has 0 radical (unpaired) electrons. The van der Waals surface area contributed by atoms with E-state index in [9.17, 15) is 0 Å². The summed E-state index contributed by atoms with van der Waals surface area (Å²) in [5.74, 6) is 1.65. The highest BCUT2D eigenvalue weighted by Gasteiger charge is 2.10. The predicted octanol–water partition coefficient (Wildman–Crippen LogP) is 3.49. The van der Waals surface area contributed by atoms with E-state index in [0.717, 1.165) is 18.7 Å². The molecule has 0 fully saturated rings. The summed E-state index contributed by atoms with van der Waals surface area (Å²) in [4.78, 5) is 0. The third kappa shape index (κ3) is 4.34. The first kappa shape index (κ1) is 15.0. The predicted molar refractivity (Wildman–Crippen MR) is 78.5 cm³/mol. The van der Waals surface area contributed by atoms with E-state index < -0.39 is 0 Å². The van der Waals surface area contributed by atoms with Gasteiger partial charge in [0.05, 0.1) is 7.11 Å². The number of methoxy groups -OCH3 is 1. The summed E-state index contributed by atoms with van der Waals surface area (Å²) < 4.78 is 5.30. The molecule has 0 amide bonds. The summed E-state index contributed by atoms with van der Waals surface area (Å²) in [5.41, 5.74) is 4.09. The largest absolute Gasteiger partial charge is 0.497 e. The Kier molecular flexibility index (Phi) is 5.67. The van der Waals surface area contributed by atoms with Crippen LogP contribution in [0.4, 0.5) is 0 Å². The lowest BCUT2D eigenvalue weighted by Gasteiger charge is -2.19. The highest BCUT2D eigenvalue weighted by atomic mass is 16.5. The van der Waals surface area contributed by atoms with E-state index in [1.54, 1.807) is 7.11 Å². The number of rotatable bonds is 6. The van der Waals surface area contributed by atoms with Gasteiger partial charge in [-0.3, -0.25) is 0 Å². The van der Waals surface area contributed by atoms with E-state index in [1.807, 2.05) is 0 Å². The lowest BCUT2D eigenvalue weighted by Crippen LogP contribution is -2.31. The quantitative estimate of drug-likeness (QED) is 0.833. The van der Waals surface area contributed by atoms with Gasteiger partial charge in [-0.1, -0.05) is 13.8 Å². The number of benzene rings is 1. The maximum Gasteiger partial charge on any atom is 0.119 e. The van der Waals surface area contributed by atoms with Gasteiger partial charge >= 0.3 is 0 Å². The summed E-state index contributed by atoms with van der Waals surface area (Å²) in [5, 5.41) is 3.58. The van der Waals surface area contributed by atoms with Gasteiger partial charge in [-0.05, 0) is 68.5 Å². The Bertz CT molecular complexity index is 362. The second kappa shape index (κ2) is 6.79. The van der Waals surface area contributed by atoms with Crippen LogP contribution >= 0.6 is 0 Å². The van der Waals surface area contributed by atoms with Crippen molar-refractivity contribution in [2.75, 3.05) is 13.7 Å². The molecule has 0 saturated carbocycles. The van der Waals surface area contributed by atoms with Crippen molar-refractivity contribution in [3.05, 3.63) is 28.8 Å². The van der Waals surface area contributed by atoms with Crippen molar-refractivity contribution in [3.8, 4) is 5.75 Å². The van der Waals surface area contributed by atoms with Crippen molar-refractivity contribution in [3.63, 3.8) is 0 Å². The topological polar surface area (TPSA) is 21.3 Å². The molecular weight excluding hydrogens is 222 g/mol. The summed E-state index contributed by atoms with van der Waals surface area (Å²) in [6.07, 6.45) is 1.08. The smallest absolute Gasteiger partial charge is 0.119 e. The zero-order valence-corrected chi connectivity index (χ0v) is 12.6. The van der Waals surface area contributed by atoms with Gasteiger partial charge in [0.1, 0.15) is 5.75 Å². The molecule has 0 bridgehead atoms. The number of nitrogens with one attached hydrogen (secondary N) is 1. The first-order valence-electron chi connectivity index (χ1n) is 6.81. The van der Waals surface area contributed by atoms with Gasteiger partial charge in [-0.15, -0.1) is 0 Å². The average molecular weight is 249 g/mol. The van der Waals surface area contributed by atoms with E-state index in [-0.39, 0.29) is 0 Å². The zero-order chi connectivity index (χ0) is 13.7. The fourth-order valence-corrected chi connectivity index (χ4v) is 2.21. The molecule has 0 spiro atoms. The minimum Gasteiger partial charge on any atom is -0.497 e. The zero-order valence-electron chi connectivity index (χ0n) is 12.6. The summed E-state index contributed by atoms with van der Waals surface area (Å²) in [6.45, 7) is 12.1. The number of ether oxygens (including phenoxy) is 1. The average Bonchev–Trinajstić information content (AvgIpc) is 2.30. The number of hydrogen-bond donors (Lipinski definition) is 1. The molecule has 2 nitrogen and oxygen atoms in total. The lowest BCUT2D eigenvalue weighted by atomic mass is 9.96. The Morgan fingerprint density at radius 2 is 1.67 bits per heavy atom. The van der Waals surface area contributed by atoms with Crippen molar-refractivity contribution in [2.24, 2.45) is 5.92 Å². The molecule has 0 aliphatic rings. The van der Waals surface area contributed by atoms with Crippen LogP contribution in [0, 0.1) is 19.8 Å². The third-order valence-corrected chi connectivity index (χ3v) is 3.29. The van der Waals surface area contributed by atoms with Crippen LogP contribution < -0.4 is 10.1 Å². The van der Waals surface area contributed by atoms with Crippen LogP contribution in [-0.4, -0.2) is 19.7 Å². The first-order chi connectivity index (χ1) is 8.43. The van der Waals surface area contributed by atoms with Gasteiger partial charge in [0, 0.05) is 6.04 Å². The van der Waals surface area contributed by atoms with Crippen LogP contribution in [0.3, 0.4) is 0 Å². The van der Waals surface area contributed by atoms with E-state index in [4.69, 9.17) is 4.74 Å². The minimum absolute atomic E-state index is 0.512. The highest BCUT2D eigenvalue weighted by molar-refractivity contribution is 5.41. The van der Waals surface area contributed by atoms with Gasteiger partial charge in [-0.25, -0.2) is 0 Å². The molecule has 0 saturated heterocycles. The molecule has 0 heterocycles. The molecule has 1 atom stereocenters. The molecule has 2 heteroatoms.